The molecule has 1 unspecified atom stereocenters. The average molecular weight is 253 g/mol. The first kappa shape index (κ1) is 12.6. The van der Waals surface area contributed by atoms with Crippen LogP contribution in [0.15, 0.2) is 18.2 Å². The highest BCUT2D eigenvalue weighted by atomic mass is 32.2. The van der Waals surface area contributed by atoms with Gasteiger partial charge in [0.15, 0.2) is 11.5 Å². The highest BCUT2D eigenvalue weighted by molar-refractivity contribution is 7.98. The molecule has 1 aromatic rings. The van der Waals surface area contributed by atoms with Gasteiger partial charge in [0.05, 0.1) is 0 Å². The fraction of sp³-hybridized carbons (Fsp3) is 0.538. The fourth-order valence-electron chi connectivity index (χ4n) is 1.93. The molecule has 0 saturated carbocycles. The van der Waals surface area contributed by atoms with Gasteiger partial charge in [-0.15, -0.1) is 0 Å². The van der Waals surface area contributed by atoms with Gasteiger partial charge in [0, 0.05) is 12.1 Å². The zero-order valence-electron chi connectivity index (χ0n) is 10.4. The Labute approximate surface area is 107 Å². The third-order valence-electron chi connectivity index (χ3n) is 2.74. The first-order chi connectivity index (χ1) is 8.31. The van der Waals surface area contributed by atoms with Crippen molar-refractivity contribution >= 4 is 11.8 Å². The molecule has 0 spiro atoms. The van der Waals surface area contributed by atoms with Gasteiger partial charge >= 0.3 is 0 Å². The zero-order valence-corrected chi connectivity index (χ0v) is 11.2. The summed E-state index contributed by atoms with van der Waals surface area (Å²) in [5, 5.41) is 3.47. The van der Waals surface area contributed by atoms with E-state index in [1.54, 1.807) is 0 Å². The second kappa shape index (κ2) is 6.17. The lowest BCUT2D eigenvalue weighted by atomic mass is 10.1. The van der Waals surface area contributed by atoms with Crippen LogP contribution >= 0.6 is 11.8 Å². The Morgan fingerprint density at radius 2 is 2.29 bits per heavy atom. The predicted octanol–water partition coefficient (Wildman–Crippen LogP) is 2.50. The minimum atomic E-state index is 0.342. The Balaban J connectivity index is 1.85. The van der Waals surface area contributed by atoms with Gasteiger partial charge in [-0.25, -0.2) is 0 Å². The lowest BCUT2D eigenvalue weighted by Crippen LogP contribution is -2.22. The maximum atomic E-state index is 5.47. The van der Waals surface area contributed by atoms with Gasteiger partial charge in [-0.3, -0.25) is 0 Å². The normalized spacial score (nSPS) is 14.9. The van der Waals surface area contributed by atoms with Crippen LogP contribution in [0.1, 0.15) is 12.5 Å². The second-order valence-electron chi connectivity index (χ2n) is 4.34. The molecule has 0 fully saturated rings. The van der Waals surface area contributed by atoms with Crippen molar-refractivity contribution in [1.29, 1.82) is 0 Å². The van der Waals surface area contributed by atoms with E-state index in [0.29, 0.717) is 12.7 Å². The van der Waals surface area contributed by atoms with Crippen LogP contribution in [0.4, 0.5) is 0 Å². The average Bonchev–Trinajstić information content (AvgIpc) is 2.78. The number of rotatable bonds is 6. The van der Waals surface area contributed by atoms with Crippen molar-refractivity contribution in [3.8, 4) is 11.5 Å². The molecular weight excluding hydrogens is 234 g/mol. The summed E-state index contributed by atoms with van der Waals surface area (Å²) >= 11 is 1.89. The molecule has 0 amide bonds. The van der Waals surface area contributed by atoms with E-state index < -0.39 is 0 Å². The van der Waals surface area contributed by atoms with E-state index in [0.717, 1.165) is 24.6 Å². The SMILES string of the molecule is CSCC(C)CNCc1cccc2c1OCO2. The van der Waals surface area contributed by atoms with E-state index in [9.17, 15) is 0 Å². The lowest BCUT2D eigenvalue weighted by Gasteiger charge is -2.12. The van der Waals surface area contributed by atoms with Crippen molar-refractivity contribution in [3.05, 3.63) is 23.8 Å². The Kier molecular flexibility index (Phi) is 4.57. The molecule has 94 valence electrons. The van der Waals surface area contributed by atoms with Crippen molar-refractivity contribution in [3.63, 3.8) is 0 Å². The van der Waals surface area contributed by atoms with Gasteiger partial charge in [-0.2, -0.15) is 11.8 Å². The van der Waals surface area contributed by atoms with E-state index in [2.05, 4.69) is 24.6 Å². The van der Waals surface area contributed by atoms with E-state index in [-0.39, 0.29) is 0 Å². The summed E-state index contributed by atoms with van der Waals surface area (Å²) in [6.07, 6.45) is 2.14. The Morgan fingerprint density at radius 1 is 1.41 bits per heavy atom. The highest BCUT2D eigenvalue weighted by Crippen LogP contribution is 2.35. The first-order valence-electron chi connectivity index (χ1n) is 5.88. The number of para-hydroxylation sites is 1. The number of ether oxygens (including phenoxy) is 2. The minimum absolute atomic E-state index is 0.342. The number of thioether (sulfide) groups is 1. The van der Waals surface area contributed by atoms with Crippen molar-refractivity contribution in [1.82, 2.24) is 5.32 Å². The van der Waals surface area contributed by atoms with Crippen LogP contribution < -0.4 is 14.8 Å². The molecular formula is C13H19NO2S. The summed E-state index contributed by atoms with van der Waals surface area (Å²) < 4.78 is 10.8. The largest absolute Gasteiger partial charge is 0.454 e. The van der Waals surface area contributed by atoms with Gasteiger partial charge in [0.1, 0.15) is 0 Å². The summed E-state index contributed by atoms with van der Waals surface area (Å²) in [5.74, 6) is 3.65. The molecule has 1 atom stereocenters. The van der Waals surface area contributed by atoms with E-state index in [1.165, 1.54) is 11.3 Å². The maximum absolute atomic E-state index is 5.47. The molecule has 0 saturated heterocycles. The van der Waals surface area contributed by atoms with Crippen LogP contribution in [0.5, 0.6) is 11.5 Å². The molecule has 0 bridgehead atoms. The summed E-state index contributed by atoms with van der Waals surface area (Å²) in [6.45, 7) is 4.48. The topological polar surface area (TPSA) is 30.5 Å². The van der Waals surface area contributed by atoms with E-state index in [4.69, 9.17) is 9.47 Å². The Morgan fingerprint density at radius 3 is 3.12 bits per heavy atom. The Bertz CT molecular complexity index is 370. The van der Waals surface area contributed by atoms with Gasteiger partial charge in [0.25, 0.3) is 0 Å². The molecule has 0 aliphatic carbocycles. The Hall–Kier alpha value is -0.870. The quantitative estimate of drug-likeness (QED) is 0.844. The molecule has 1 aliphatic heterocycles. The van der Waals surface area contributed by atoms with E-state index in [1.807, 2.05) is 23.9 Å². The second-order valence-corrected chi connectivity index (χ2v) is 5.25. The molecule has 1 N–H and O–H groups in total. The molecule has 17 heavy (non-hydrogen) atoms. The zero-order chi connectivity index (χ0) is 12.1. The van der Waals surface area contributed by atoms with Gasteiger partial charge in [-0.05, 0) is 30.5 Å². The number of hydrogen-bond acceptors (Lipinski definition) is 4. The molecule has 4 heteroatoms. The number of nitrogens with one attached hydrogen (secondary N) is 1. The van der Waals surface area contributed by atoms with Crippen molar-refractivity contribution in [2.45, 2.75) is 13.5 Å². The molecule has 3 nitrogen and oxygen atoms in total. The van der Waals surface area contributed by atoms with Crippen LogP contribution in [0, 0.1) is 5.92 Å². The summed E-state index contributed by atoms with van der Waals surface area (Å²) in [5.41, 5.74) is 1.18. The highest BCUT2D eigenvalue weighted by Gasteiger charge is 2.16. The third-order valence-corrected chi connectivity index (χ3v) is 3.64. The van der Waals surface area contributed by atoms with Crippen molar-refractivity contribution < 1.29 is 9.47 Å². The van der Waals surface area contributed by atoms with Crippen molar-refractivity contribution in [2.24, 2.45) is 5.92 Å². The molecule has 1 aromatic carbocycles. The summed E-state index contributed by atoms with van der Waals surface area (Å²) in [7, 11) is 0. The standard InChI is InChI=1S/C13H19NO2S/c1-10(8-17-2)6-14-7-11-4-3-5-12-13(11)16-9-15-12/h3-5,10,14H,6-9H2,1-2H3. The smallest absolute Gasteiger partial charge is 0.231 e. The molecule has 1 aliphatic rings. The molecule has 0 aromatic heterocycles. The van der Waals surface area contributed by atoms with Gasteiger partial charge in [0.2, 0.25) is 6.79 Å². The summed E-state index contributed by atoms with van der Waals surface area (Å²) in [6, 6.07) is 6.04. The number of hydrogen-bond donors (Lipinski definition) is 1. The fourth-order valence-corrected chi connectivity index (χ4v) is 2.61. The summed E-state index contributed by atoms with van der Waals surface area (Å²) in [4.78, 5) is 0. The van der Waals surface area contributed by atoms with Crippen molar-refractivity contribution in [2.75, 3.05) is 25.3 Å². The lowest BCUT2D eigenvalue weighted by molar-refractivity contribution is 0.173. The number of fused-ring (bicyclic) bond motifs is 1. The number of benzene rings is 1. The predicted molar refractivity (Wildman–Crippen MR) is 71.8 cm³/mol. The first-order valence-corrected chi connectivity index (χ1v) is 7.27. The van der Waals surface area contributed by atoms with Crippen LogP contribution in [-0.4, -0.2) is 25.3 Å². The monoisotopic (exact) mass is 253 g/mol. The maximum Gasteiger partial charge on any atom is 0.231 e. The van der Waals surface area contributed by atoms with Gasteiger partial charge < -0.3 is 14.8 Å². The van der Waals surface area contributed by atoms with Crippen LogP contribution in [0.3, 0.4) is 0 Å². The van der Waals surface area contributed by atoms with Crippen LogP contribution in [0.25, 0.3) is 0 Å². The molecule has 1 heterocycles. The van der Waals surface area contributed by atoms with E-state index >= 15 is 0 Å². The third kappa shape index (κ3) is 3.30. The van der Waals surface area contributed by atoms with Crippen LogP contribution in [0.2, 0.25) is 0 Å². The minimum Gasteiger partial charge on any atom is -0.454 e. The molecule has 0 radical (unpaired) electrons. The van der Waals surface area contributed by atoms with Crippen LogP contribution in [-0.2, 0) is 6.54 Å². The molecule has 2 rings (SSSR count). The van der Waals surface area contributed by atoms with Gasteiger partial charge in [-0.1, -0.05) is 19.1 Å².